The first kappa shape index (κ1) is 22.4. The number of carbonyl (C=O) groups is 1. The Morgan fingerprint density at radius 1 is 1.14 bits per heavy atom. The minimum atomic E-state index is -3.80. The molecule has 1 atom stereocenters. The topological polar surface area (TPSA) is 122 Å². The van der Waals surface area contributed by atoms with Crippen LogP contribution >= 0.6 is 11.3 Å². The fourth-order valence-electron chi connectivity index (χ4n) is 4.68. The van der Waals surface area contributed by atoms with E-state index in [0.717, 1.165) is 20.9 Å². The number of aryl methyl sites for hydroxylation is 1. The van der Waals surface area contributed by atoms with Crippen LogP contribution in [0.15, 0.2) is 46.5 Å². The summed E-state index contributed by atoms with van der Waals surface area (Å²) in [4.78, 5) is 23.3. The zero-order valence-electron chi connectivity index (χ0n) is 18.8. The van der Waals surface area contributed by atoms with Crippen molar-refractivity contribution in [3.63, 3.8) is 0 Å². The molecule has 0 spiro atoms. The van der Waals surface area contributed by atoms with Gasteiger partial charge in [-0.2, -0.15) is 4.31 Å². The number of benzene rings is 1. The van der Waals surface area contributed by atoms with E-state index in [2.05, 4.69) is 9.97 Å². The lowest BCUT2D eigenvalue weighted by Gasteiger charge is -2.25. The third-order valence-corrected chi connectivity index (χ3v) is 9.10. The summed E-state index contributed by atoms with van der Waals surface area (Å²) in [5, 5.41) is 11.7. The van der Waals surface area contributed by atoms with E-state index in [9.17, 15) is 18.3 Å². The predicted octanol–water partition coefficient (Wildman–Crippen LogP) is 1.65. The van der Waals surface area contributed by atoms with Gasteiger partial charge >= 0.3 is 0 Å². The smallest absolute Gasteiger partial charge is 0.257 e. The van der Waals surface area contributed by atoms with Crippen LogP contribution in [0.1, 0.15) is 16.7 Å². The molecule has 1 N–H and O–H groups in total. The number of sulfonamides is 1. The van der Waals surface area contributed by atoms with Gasteiger partial charge in [-0.05, 0) is 24.1 Å². The molecule has 1 aromatic carbocycles. The Labute approximate surface area is 205 Å². The van der Waals surface area contributed by atoms with Gasteiger partial charge in [0, 0.05) is 37.8 Å². The number of aromatic nitrogens is 2. The number of pyridine rings is 1. The molecule has 10 nitrogen and oxygen atoms in total. The number of fused-ring (bicyclic) bond motifs is 2. The molecular weight excluding hydrogens is 492 g/mol. The Kier molecular flexibility index (Phi) is 5.29. The van der Waals surface area contributed by atoms with Crippen LogP contribution in [0, 0.1) is 6.92 Å². The molecule has 0 aliphatic carbocycles. The van der Waals surface area contributed by atoms with Gasteiger partial charge in [0.15, 0.2) is 11.9 Å². The van der Waals surface area contributed by atoms with Gasteiger partial charge in [0.2, 0.25) is 10.0 Å². The molecule has 6 rings (SSSR count). The van der Waals surface area contributed by atoms with E-state index >= 15 is 0 Å². The minimum Gasteiger partial charge on any atom is -0.484 e. The average molecular weight is 515 g/mol. The average Bonchev–Trinajstić information content (AvgIpc) is 3.55. The van der Waals surface area contributed by atoms with E-state index in [4.69, 9.17) is 9.47 Å². The fraction of sp³-hybridized carbons (Fsp3) is 0.348. The summed E-state index contributed by atoms with van der Waals surface area (Å²) < 4.78 is 39.6. The van der Waals surface area contributed by atoms with Gasteiger partial charge in [-0.1, -0.05) is 12.1 Å². The van der Waals surface area contributed by atoms with Crippen molar-refractivity contribution in [1.29, 1.82) is 0 Å². The molecular formula is C23H22N4O6S2. The van der Waals surface area contributed by atoms with Crippen molar-refractivity contribution in [3.8, 4) is 11.6 Å². The number of hydrogen-bond acceptors (Lipinski definition) is 9. The monoisotopic (exact) mass is 514 g/mol. The van der Waals surface area contributed by atoms with Crippen LogP contribution in [-0.4, -0.2) is 78.0 Å². The van der Waals surface area contributed by atoms with Crippen LogP contribution in [0.5, 0.6) is 11.6 Å². The van der Waals surface area contributed by atoms with Gasteiger partial charge in [-0.3, -0.25) is 4.79 Å². The van der Waals surface area contributed by atoms with Gasteiger partial charge in [0.05, 0.1) is 21.4 Å². The zero-order valence-corrected chi connectivity index (χ0v) is 20.4. The molecule has 182 valence electrons. The highest BCUT2D eigenvalue weighted by Gasteiger charge is 2.39. The summed E-state index contributed by atoms with van der Waals surface area (Å²) in [6.07, 6.45) is -0.0527. The van der Waals surface area contributed by atoms with Crippen LogP contribution in [0.25, 0.3) is 10.2 Å². The molecule has 35 heavy (non-hydrogen) atoms. The number of para-hydroxylation sites is 1. The number of carbonyl (C=O) groups excluding carboxylic acids is 1. The Morgan fingerprint density at radius 3 is 2.66 bits per heavy atom. The number of rotatable bonds is 4. The van der Waals surface area contributed by atoms with Crippen LogP contribution < -0.4 is 9.47 Å². The molecule has 0 saturated carbocycles. The third kappa shape index (κ3) is 3.77. The Hall–Kier alpha value is -3.06. The molecule has 0 fully saturated rings. The highest BCUT2D eigenvalue weighted by Crippen LogP contribution is 2.35. The van der Waals surface area contributed by atoms with E-state index in [1.807, 2.05) is 19.1 Å². The number of ether oxygens (including phenoxy) is 2. The summed E-state index contributed by atoms with van der Waals surface area (Å²) in [6, 6.07) is 6.88. The number of nitrogens with zero attached hydrogens (tertiary/aromatic N) is 4. The van der Waals surface area contributed by atoms with Crippen LogP contribution in [-0.2, 0) is 14.8 Å². The second-order valence-corrected chi connectivity index (χ2v) is 11.8. The molecule has 0 bridgehead atoms. The lowest BCUT2D eigenvalue weighted by Crippen LogP contribution is -2.38. The van der Waals surface area contributed by atoms with Crippen molar-refractivity contribution in [3.05, 3.63) is 52.2 Å². The second kappa shape index (κ2) is 8.26. The fourth-order valence-corrected chi connectivity index (χ4v) is 6.94. The van der Waals surface area contributed by atoms with E-state index in [1.54, 1.807) is 11.0 Å². The van der Waals surface area contributed by atoms with Crippen molar-refractivity contribution in [2.24, 2.45) is 0 Å². The van der Waals surface area contributed by atoms with Gasteiger partial charge in [0.1, 0.15) is 18.1 Å². The maximum Gasteiger partial charge on any atom is 0.257 e. The quantitative estimate of drug-likeness (QED) is 0.522. The maximum absolute atomic E-state index is 13.2. The molecule has 0 radical (unpaired) electrons. The molecule has 12 heteroatoms. The first-order valence-electron chi connectivity index (χ1n) is 11.1. The van der Waals surface area contributed by atoms with E-state index in [-0.39, 0.29) is 37.0 Å². The van der Waals surface area contributed by atoms with Crippen molar-refractivity contribution in [2.45, 2.75) is 17.9 Å². The summed E-state index contributed by atoms with van der Waals surface area (Å²) in [6.45, 7) is 3.53. The molecule has 2 aromatic heterocycles. The first-order valence-corrected chi connectivity index (χ1v) is 13.4. The number of aliphatic hydroxyl groups excluding tert-OH is 1. The highest BCUT2D eigenvalue weighted by atomic mass is 32.2. The largest absolute Gasteiger partial charge is 0.484 e. The van der Waals surface area contributed by atoms with Crippen molar-refractivity contribution in [1.82, 2.24) is 19.2 Å². The van der Waals surface area contributed by atoms with Crippen LogP contribution in [0.4, 0.5) is 0 Å². The number of thiazole rings is 1. The van der Waals surface area contributed by atoms with Gasteiger partial charge in [0.25, 0.3) is 11.8 Å². The Morgan fingerprint density at radius 2 is 1.89 bits per heavy atom. The third-order valence-electron chi connectivity index (χ3n) is 6.41. The zero-order chi connectivity index (χ0) is 24.3. The number of hydrogen-bond donors (Lipinski definition) is 1. The Bertz CT molecular complexity index is 1480. The molecule has 0 saturated heterocycles. The van der Waals surface area contributed by atoms with Crippen LogP contribution in [0.3, 0.4) is 0 Å². The second-order valence-electron chi connectivity index (χ2n) is 8.68. The standard InChI is InChI=1S/C23H22N4O6S2/c1-13-25-20-17(3-2-4-19(20)34-13)21(28)23(29)26-9-14-11-27(12-15(14)10-26)35(30,31)16-7-18-22(24-8-16)33-6-5-32-18/h2-4,7-8,21,28H,5-6,9-12H2,1H3. The summed E-state index contributed by atoms with van der Waals surface area (Å²) in [5.74, 6) is 0.185. The van der Waals surface area contributed by atoms with Crippen LogP contribution in [0.2, 0.25) is 0 Å². The van der Waals surface area contributed by atoms with Gasteiger partial charge < -0.3 is 19.5 Å². The van der Waals surface area contributed by atoms with Gasteiger partial charge in [-0.15, -0.1) is 11.3 Å². The van der Waals surface area contributed by atoms with E-state index in [1.165, 1.54) is 27.9 Å². The number of aliphatic hydroxyl groups is 1. The SMILES string of the molecule is Cc1nc2c(C(O)C(=O)N3CC4=C(C3)CN(S(=O)(=O)c3cnc5c(c3)OCCO5)C4)cccc2s1. The maximum atomic E-state index is 13.2. The van der Waals surface area contributed by atoms with E-state index < -0.39 is 22.0 Å². The van der Waals surface area contributed by atoms with E-state index in [0.29, 0.717) is 30.0 Å². The molecule has 1 amide bonds. The lowest BCUT2D eigenvalue weighted by atomic mass is 10.1. The van der Waals surface area contributed by atoms with Crippen molar-refractivity contribution in [2.75, 3.05) is 39.4 Å². The summed E-state index contributed by atoms with van der Waals surface area (Å²) in [5.41, 5.74) is 2.88. The molecule has 3 aliphatic heterocycles. The molecule has 5 heterocycles. The number of amides is 1. The highest BCUT2D eigenvalue weighted by molar-refractivity contribution is 7.89. The van der Waals surface area contributed by atoms with Crippen molar-refractivity contribution < 1.29 is 27.8 Å². The lowest BCUT2D eigenvalue weighted by molar-refractivity contribution is -0.139. The summed E-state index contributed by atoms with van der Waals surface area (Å²) in [7, 11) is -3.80. The molecule has 3 aliphatic rings. The van der Waals surface area contributed by atoms with Crippen molar-refractivity contribution >= 4 is 37.5 Å². The first-order chi connectivity index (χ1) is 16.8. The normalized spacial score (nSPS) is 18.9. The Balaban J connectivity index is 1.15. The summed E-state index contributed by atoms with van der Waals surface area (Å²) >= 11 is 1.51. The molecule has 1 unspecified atom stereocenters. The molecule has 3 aromatic rings. The minimum absolute atomic E-state index is 0.0397. The van der Waals surface area contributed by atoms with Gasteiger partial charge in [-0.25, -0.2) is 18.4 Å². The predicted molar refractivity (Wildman–Crippen MR) is 127 cm³/mol.